The van der Waals surface area contributed by atoms with Gasteiger partial charge in [0, 0.05) is 37.9 Å². The summed E-state index contributed by atoms with van der Waals surface area (Å²) in [6.07, 6.45) is 4.06. The lowest BCUT2D eigenvalue weighted by molar-refractivity contribution is 0.475. The van der Waals surface area contributed by atoms with Crippen LogP contribution in [-0.4, -0.2) is 34.3 Å². The van der Waals surface area contributed by atoms with E-state index in [0.717, 1.165) is 24.9 Å². The van der Waals surface area contributed by atoms with Crippen molar-refractivity contribution in [1.29, 1.82) is 5.26 Å². The van der Waals surface area contributed by atoms with Gasteiger partial charge in [0.15, 0.2) is 11.4 Å². The molecule has 34 heavy (non-hydrogen) atoms. The van der Waals surface area contributed by atoms with Gasteiger partial charge in [0.1, 0.15) is 11.8 Å². The number of benzene rings is 2. The maximum Gasteiger partial charge on any atom is 0.275 e. The second-order valence-corrected chi connectivity index (χ2v) is 8.35. The summed E-state index contributed by atoms with van der Waals surface area (Å²) in [6.45, 7) is 7.99. The van der Waals surface area contributed by atoms with Gasteiger partial charge in [0.2, 0.25) is 5.95 Å². The van der Waals surface area contributed by atoms with Gasteiger partial charge in [0.05, 0.1) is 0 Å². The quantitative estimate of drug-likeness (QED) is 0.539. The van der Waals surface area contributed by atoms with E-state index in [1.54, 1.807) is 24.3 Å². The van der Waals surface area contributed by atoms with E-state index < -0.39 is 0 Å². The lowest BCUT2D eigenvalue weighted by Crippen LogP contribution is -2.36. The fraction of sp³-hybridized carbons (Fsp3) is 0.296. The first-order valence-electron chi connectivity index (χ1n) is 11.6. The molecule has 1 aliphatic heterocycles. The monoisotopic (exact) mass is 455 g/mol. The number of anilines is 3. The number of rotatable bonds is 7. The first-order chi connectivity index (χ1) is 16.6. The molecule has 0 saturated heterocycles. The van der Waals surface area contributed by atoms with Gasteiger partial charge in [0.25, 0.3) is 5.56 Å². The molecule has 0 unspecified atom stereocenters. The summed E-state index contributed by atoms with van der Waals surface area (Å²) in [4.78, 5) is 22.4. The van der Waals surface area contributed by atoms with Gasteiger partial charge >= 0.3 is 0 Å². The third-order valence-corrected chi connectivity index (χ3v) is 6.10. The summed E-state index contributed by atoms with van der Waals surface area (Å²) in [5.74, 6) is 0.986. The zero-order valence-electron chi connectivity index (χ0n) is 19.4. The van der Waals surface area contributed by atoms with Crippen LogP contribution in [0.4, 0.5) is 17.5 Å². The Bertz CT molecular complexity index is 1260. The van der Waals surface area contributed by atoms with Crippen molar-refractivity contribution in [2.75, 3.05) is 29.4 Å². The smallest absolute Gasteiger partial charge is 0.275 e. The maximum absolute atomic E-state index is 13.5. The van der Waals surface area contributed by atoms with E-state index >= 15 is 0 Å². The Morgan fingerprint density at radius 3 is 2.47 bits per heavy atom. The topological polar surface area (TPSA) is 85.4 Å². The minimum atomic E-state index is -0.384. The van der Waals surface area contributed by atoms with Crippen LogP contribution >= 0.6 is 0 Å². The highest BCUT2D eigenvalue weighted by Gasteiger charge is 2.25. The van der Waals surface area contributed by atoms with Crippen molar-refractivity contribution in [3.63, 3.8) is 0 Å². The van der Waals surface area contributed by atoms with Gasteiger partial charge in [-0.2, -0.15) is 10.2 Å². The molecule has 7 nitrogen and oxygen atoms in total. The molecule has 2 aromatic carbocycles. The molecular formula is C27H29N5O2. The Morgan fingerprint density at radius 2 is 1.88 bits per heavy atom. The molecule has 0 aliphatic carbocycles. The Balaban J connectivity index is 1.86. The number of aromatic nitrogens is 2. The van der Waals surface area contributed by atoms with Crippen LogP contribution in [0, 0.1) is 11.3 Å². The Hall–Kier alpha value is -4.05. The normalized spacial score (nSPS) is 13.0. The van der Waals surface area contributed by atoms with Gasteiger partial charge in [-0.3, -0.25) is 9.36 Å². The summed E-state index contributed by atoms with van der Waals surface area (Å²) in [5, 5.41) is 20.0. The van der Waals surface area contributed by atoms with E-state index in [0.29, 0.717) is 31.4 Å². The predicted octanol–water partition coefficient (Wildman–Crippen LogP) is 4.16. The van der Waals surface area contributed by atoms with Crippen LogP contribution in [0.5, 0.6) is 5.75 Å². The predicted molar refractivity (Wildman–Crippen MR) is 135 cm³/mol. The van der Waals surface area contributed by atoms with Crippen molar-refractivity contribution >= 4 is 17.5 Å². The van der Waals surface area contributed by atoms with E-state index in [4.69, 9.17) is 4.98 Å². The molecule has 1 aromatic heterocycles. The van der Waals surface area contributed by atoms with E-state index in [9.17, 15) is 15.2 Å². The van der Waals surface area contributed by atoms with Crippen LogP contribution in [0.3, 0.4) is 0 Å². The SMILES string of the molecule is C=CCn1c(N(CCC)c2cccc(O)c2)nc(N2CCc3ccccc3CC2)c(C#N)c1=O. The number of hydrogen-bond acceptors (Lipinski definition) is 6. The molecule has 0 bridgehead atoms. The lowest BCUT2D eigenvalue weighted by Gasteiger charge is -2.29. The molecule has 0 saturated carbocycles. The number of nitriles is 1. The molecule has 7 heteroatoms. The van der Waals surface area contributed by atoms with Crippen molar-refractivity contribution in [1.82, 2.24) is 9.55 Å². The summed E-state index contributed by atoms with van der Waals surface area (Å²) in [6, 6.07) is 17.4. The van der Waals surface area contributed by atoms with Crippen molar-refractivity contribution in [2.24, 2.45) is 0 Å². The minimum Gasteiger partial charge on any atom is -0.508 e. The molecule has 0 spiro atoms. The summed E-state index contributed by atoms with van der Waals surface area (Å²) in [5.41, 5.74) is 2.96. The van der Waals surface area contributed by atoms with Gasteiger partial charge in [-0.15, -0.1) is 6.58 Å². The molecule has 0 atom stereocenters. The third kappa shape index (κ3) is 4.53. The summed E-state index contributed by atoms with van der Waals surface area (Å²) < 4.78 is 1.49. The number of nitrogens with zero attached hydrogens (tertiary/aromatic N) is 5. The van der Waals surface area contributed by atoms with Crippen LogP contribution in [0.1, 0.15) is 30.0 Å². The Labute approximate surface area is 199 Å². The molecule has 0 radical (unpaired) electrons. The summed E-state index contributed by atoms with van der Waals surface area (Å²) >= 11 is 0. The number of phenols is 1. The highest BCUT2D eigenvalue weighted by atomic mass is 16.3. The van der Waals surface area contributed by atoms with Crippen molar-refractivity contribution in [2.45, 2.75) is 32.7 Å². The molecule has 1 N–H and O–H groups in total. The summed E-state index contributed by atoms with van der Waals surface area (Å²) in [7, 11) is 0. The number of hydrogen-bond donors (Lipinski definition) is 1. The number of aromatic hydroxyl groups is 1. The number of fused-ring (bicyclic) bond motifs is 1. The van der Waals surface area contributed by atoms with Crippen molar-refractivity contribution in [3.05, 3.63) is 88.2 Å². The second-order valence-electron chi connectivity index (χ2n) is 8.35. The molecule has 0 fully saturated rings. The molecule has 1 aliphatic rings. The van der Waals surface area contributed by atoms with Gasteiger partial charge in [-0.1, -0.05) is 43.3 Å². The maximum atomic E-state index is 13.5. The Kier molecular flexibility index (Phi) is 6.98. The first kappa shape index (κ1) is 23.1. The largest absolute Gasteiger partial charge is 0.508 e. The van der Waals surface area contributed by atoms with Crippen LogP contribution in [0.2, 0.25) is 0 Å². The van der Waals surface area contributed by atoms with Crippen LogP contribution in [0.15, 0.2) is 66.0 Å². The van der Waals surface area contributed by atoms with E-state index in [1.807, 2.05) is 34.9 Å². The molecule has 4 rings (SSSR count). The standard InChI is InChI=1S/C27H29N5O2/c1-3-14-31(22-10-7-11-23(33)18-22)27-29-25(24(19-28)26(34)32(27)15-4-2)30-16-12-20-8-5-6-9-21(20)13-17-30/h4-11,18,33H,2-3,12-17H2,1H3. The molecule has 2 heterocycles. The zero-order chi connectivity index (χ0) is 24.1. The van der Waals surface area contributed by atoms with Crippen LogP contribution < -0.4 is 15.4 Å². The molecule has 174 valence electrons. The van der Waals surface area contributed by atoms with Crippen molar-refractivity contribution in [3.8, 4) is 11.8 Å². The van der Waals surface area contributed by atoms with E-state index in [1.165, 1.54) is 15.7 Å². The minimum absolute atomic E-state index is 0.0453. The fourth-order valence-corrected chi connectivity index (χ4v) is 4.47. The van der Waals surface area contributed by atoms with Crippen molar-refractivity contribution < 1.29 is 5.11 Å². The third-order valence-electron chi connectivity index (χ3n) is 6.10. The van der Waals surface area contributed by atoms with Crippen LogP contribution in [-0.2, 0) is 19.4 Å². The average Bonchev–Trinajstić information content (AvgIpc) is 3.06. The van der Waals surface area contributed by atoms with Crippen LogP contribution in [0.25, 0.3) is 0 Å². The lowest BCUT2D eigenvalue weighted by atomic mass is 10.0. The fourth-order valence-electron chi connectivity index (χ4n) is 4.47. The first-order valence-corrected chi connectivity index (χ1v) is 11.6. The van der Waals surface area contributed by atoms with Gasteiger partial charge < -0.3 is 14.9 Å². The zero-order valence-corrected chi connectivity index (χ0v) is 19.4. The highest BCUT2D eigenvalue weighted by molar-refractivity contribution is 5.64. The van der Waals surface area contributed by atoms with E-state index in [-0.39, 0.29) is 23.4 Å². The molecular weight excluding hydrogens is 426 g/mol. The average molecular weight is 456 g/mol. The second kappa shape index (κ2) is 10.3. The number of phenolic OH excluding ortho intramolecular Hbond substituents is 1. The van der Waals surface area contributed by atoms with Gasteiger partial charge in [-0.05, 0) is 42.5 Å². The van der Waals surface area contributed by atoms with Gasteiger partial charge in [-0.25, -0.2) is 0 Å². The molecule has 3 aromatic rings. The molecule has 0 amide bonds. The highest BCUT2D eigenvalue weighted by Crippen LogP contribution is 2.29. The Morgan fingerprint density at radius 1 is 1.18 bits per heavy atom. The van der Waals surface area contributed by atoms with E-state index in [2.05, 4.69) is 24.8 Å². The number of allylic oxidation sites excluding steroid dienone is 1.